The number of imide groups is 1. The number of carbonyl (C=O) groups excluding carboxylic acids is 2. The fourth-order valence-corrected chi connectivity index (χ4v) is 1.85. The number of nitrogens with zero attached hydrogens (tertiary/aromatic N) is 1. The normalized spacial score (nSPS) is 13.9. The van der Waals surface area contributed by atoms with Crippen molar-refractivity contribution in [3.05, 3.63) is 29.3 Å². The second kappa shape index (κ2) is 3.73. The zero-order valence-electron chi connectivity index (χ0n) is 8.67. The number of hydrogen-bond acceptors (Lipinski definition) is 4. The van der Waals surface area contributed by atoms with Crippen molar-refractivity contribution >= 4 is 24.4 Å². The second-order valence-corrected chi connectivity index (χ2v) is 3.66. The maximum Gasteiger partial charge on any atom is 0.488 e. The minimum Gasteiger partial charge on any atom is -0.423 e. The topological polar surface area (TPSA) is 77.8 Å². The number of benzene rings is 1. The Labute approximate surface area is 92.4 Å². The van der Waals surface area contributed by atoms with Gasteiger partial charge in [0.15, 0.2) is 0 Å². The summed E-state index contributed by atoms with van der Waals surface area (Å²) in [4.78, 5) is 24.0. The summed E-state index contributed by atoms with van der Waals surface area (Å²) in [6, 6.07) is 4.67. The number of carbonyl (C=O) groups is 2. The summed E-state index contributed by atoms with van der Waals surface area (Å²) in [5.74, 6) is -0.732. The van der Waals surface area contributed by atoms with E-state index in [1.807, 2.05) is 0 Å². The van der Waals surface area contributed by atoms with Crippen LogP contribution in [-0.2, 0) is 11.3 Å². The van der Waals surface area contributed by atoms with Gasteiger partial charge < -0.3 is 10.0 Å². The maximum atomic E-state index is 11.8. The second-order valence-electron chi connectivity index (χ2n) is 3.66. The van der Waals surface area contributed by atoms with Crippen molar-refractivity contribution in [2.24, 2.45) is 0 Å². The highest BCUT2D eigenvalue weighted by atomic mass is 16.4. The first-order valence-electron chi connectivity index (χ1n) is 4.82. The lowest BCUT2D eigenvalue weighted by molar-refractivity contribution is -0.126. The Morgan fingerprint density at radius 3 is 2.69 bits per heavy atom. The van der Waals surface area contributed by atoms with Crippen molar-refractivity contribution < 1.29 is 19.6 Å². The predicted octanol–water partition coefficient (Wildman–Crippen LogP) is -1.13. The standard InChI is InChI=1S/C10H10BNO4/c1-6(13)12-5-8-7(10(12)14)3-2-4-9(8)11(15)16/h2-4,15-16H,5H2,1H3. The van der Waals surface area contributed by atoms with Gasteiger partial charge in [0.05, 0.1) is 6.54 Å². The van der Waals surface area contributed by atoms with Crippen LogP contribution in [0.1, 0.15) is 22.8 Å². The van der Waals surface area contributed by atoms with Crippen LogP contribution in [0.5, 0.6) is 0 Å². The van der Waals surface area contributed by atoms with E-state index in [9.17, 15) is 9.59 Å². The summed E-state index contributed by atoms with van der Waals surface area (Å²) >= 11 is 0. The molecule has 5 nitrogen and oxygen atoms in total. The third kappa shape index (κ3) is 1.52. The molecule has 6 heteroatoms. The van der Waals surface area contributed by atoms with Gasteiger partial charge in [-0.2, -0.15) is 0 Å². The molecule has 0 bridgehead atoms. The molecule has 82 valence electrons. The van der Waals surface area contributed by atoms with Gasteiger partial charge in [-0.05, 0) is 17.1 Å². The van der Waals surface area contributed by atoms with E-state index in [4.69, 9.17) is 10.0 Å². The number of hydrogen-bond donors (Lipinski definition) is 2. The van der Waals surface area contributed by atoms with Gasteiger partial charge in [0, 0.05) is 12.5 Å². The van der Waals surface area contributed by atoms with Gasteiger partial charge in [0.1, 0.15) is 0 Å². The molecule has 0 saturated carbocycles. The van der Waals surface area contributed by atoms with E-state index in [1.165, 1.54) is 13.0 Å². The Hall–Kier alpha value is -1.66. The fourth-order valence-electron chi connectivity index (χ4n) is 1.85. The first kappa shape index (κ1) is 10.8. The van der Waals surface area contributed by atoms with E-state index in [0.29, 0.717) is 11.1 Å². The molecule has 2 N–H and O–H groups in total. The molecule has 1 aliphatic rings. The summed E-state index contributed by atoms with van der Waals surface area (Å²) < 4.78 is 0. The van der Waals surface area contributed by atoms with Crippen LogP contribution in [0.4, 0.5) is 0 Å². The molecule has 0 radical (unpaired) electrons. The molecular weight excluding hydrogens is 209 g/mol. The number of amides is 2. The van der Waals surface area contributed by atoms with Crippen LogP contribution >= 0.6 is 0 Å². The van der Waals surface area contributed by atoms with E-state index >= 15 is 0 Å². The molecule has 2 amide bonds. The molecule has 1 aromatic carbocycles. The van der Waals surface area contributed by atoms with Gasteiger partial charge in [-0.25, -0.2) is 0 Å². The van der Waals surface area contributed by atoms with Crippen molar-refractivity contribution in [1.82, 2.24) is 4.90 Å². The fraction of sp³-hybridized carbons (Fsp3) is 0.200. The van der Waals surface area contributed by atoms with E-state index in [1.54, 1.807) is 12.1 Å². The summed E-state index contributed by atoms with van der Waals surface area (Å²) in [6.07, 6.45) is 0. The van der Waals surface area contributed by atoms with Gasteiger partial charge in [0.25, 0.3) is 5.91 Å². The molecule has 0 saturated heterocycles. The first-order valence-corrected chi connectivity index (χ1v) is 4.82. The Balaban J connectivity index is 2.51. The van der Waals surface area contributed by atoms with Gasteiger partial charge in [-0.15, -0.1) is 0 Å². The van der Waals surface area contributed by atoms with Crippen LogP contribution in [0.15, 0.2) is 18.2 Å². The monoisotopic (exact) mass is 219 g/mol. The van der Waals surface area contributed by atoms with Gasteiger partial charge in [-0.1, -0.05) is 12.1 Å². The first-order chi connectivity index (χ1) is 7.52. The largest absolute Gasteiger partial charge is 0.488 e. The van der Waals surface area contributed by atoms with Crippen LogP contribution in [0, 0.1) is 0 Å². The molecule has 0 fully saturated rings. The Morgan fingerprint density at radius 2 is 2.12 bits per heavy atom. The molecule has 0 aromatic heterocycles. The summed E-state index contributed by atoms with van der Waals surface area (Å²) in [5.41, 5.74) is 1.15. The van der Waals surface area contributed by atoms with Crippen molar-refractivity contribution in [1.29, 1.82) is 0 Å². The predicted molar refractivity (Wildman–Crippen MR) is 56.8 cm³/mol. The van der Waals surface area contributed by atoms with Gasteiger partial charge >= 0.3 is 7.12 Å². The summed E-state index contributed by atoms with van der Waals surface area (Å²) in [7, 11) is -1.63. The molecular formula is C10H10BNO4. The van der Waals surface area contributed by atoms with Crippen LogP contribution in [0.3, 0.4) is 0 Å². The lowest BCUT2D eigenvalue weighted by atomic mass is 9.76. The highest BCUT2D eigenvalue weighted by Gasteiger charge is 2.33. The van der Waals surface area contributed by atoms with Crippen LogP contribution < -0.4 is 5.46 Å². The highest BCUT2D eigenvalue weighted by molar-refractivity contribution is 6.59. The lowest BCUT2D eigenvalue weighted by Crippen LogP contribution is -2.34. The zero-order valence-corrected chi connectivity index (χ0v) is 8.67. The van der Waals surface area contributed by atoms with Crippen molar-refractivity contribution in [2.45, 2.75) is 13.5 Å². The molecule has 0 aliphatic carbocycles. The highest BCUT2D eigenvalue weighted by Crippen LogP contribution is 2.21. The Bertz CT molecular complexity index is 472. The third-order valence-electron chi connectivity index (χ3n) is 2.66. The van der Waals surface area contributed by atoms with Crippen molar-refractivity contribution in [2.75, 3.05) is 0 Å². The molecule has 0 atom stereocenters. The van der Waals surface area contributed by atoms with Crippen molar-refractivity contribution in [3.63, 3.8) is 0 Å². The zero-order chi connectivity index (χ0) is 11.9. The molecule has 1 heterocycles. The van der Waals surface area contributed by atoms with E-state index in [2.05, 4.69) is 0 Å². The molecule has 1 aliphatic heterocycles. The SMILES string of the molecule is CC(=O)N1Cc2c(B(O)O)cccc2C1=O. The quantitative estimate of drug-likeness (QED) is 0.585. The summed E-state index contributed by atoms with van der Waals surface area (Å²) in [6.45, 7) is 1.41. The van der Waals surface area contributed by atoms with Crippen LogP contribution in [0.2, 0.25) is 0 Å². The smallest absolute Gasteiger partial charge is 0.423 e. The Morgan fingerprint density at radius 1 is 1.44 bits per heavy atom. The van der Waals surface area contributed by atoms with E-state index < -0.39 is 7.12 Å². The molecule has 2 rings (SSSR count). The van der Waals surface area contributed by atoms with Crippen LogP contribution in [-0.4, -0.2) is 33.9 Å². The van der Waals surface area contributed by atoms with E-state index in [0.717, 1.165) is 4.90 Å². The lowest BCUT2D eigenvalue weighted by Gasteiger charge is -2.09. The molecule has 16 heavy (non-hydrogen) atoms. The van der Waals surface area contributed by atoms with Gasteiger partial charge in [-0.3, -0.25) is 14.5 Å². The number of rotatable bonds is 1. The number of fused-ring (bicyclic) bond motifs is 1. The summed E-state index contributed by atoms with van der Waals surface area (Å²) in [5, 5.41) is 18.3. The maximum absolute atomic E-state index is 11.8. The minimum absolute atomic E-state index is 0.108. The van der Waals surface area contributed by atoms with E-state index in [-0.39, 0.29) is 23.8 Å². The Kier molecular flexibility index (Phi) is 2.53. The molecule has 0 spiro atoms. The van der Waals surface area contributed by atoms with Crippen LogP contribution in [0.25, 0.3) is 0 Å². The molecule has 0 unspecified atom stereocenters. The van der Waals surface area contributed by atoms with Crippen molar-refractivity contribution in [3.8, 4) is 0 Å². The third-order valence-corrected chi connectivity index (χ3v) is 2.66. The average Bonchev–Trinajstić information content (AvgIpc) is 2.56. The minimum atomic E-state index is -1.63. The molecule has 1 aromatic rings. The van der Waals surface area contributed by atoms with Gasteiger partial charge in [0.2, 0.25) is 5.91 Å². The average molecular weight is 219 g/mol.